The molecule has 0 aliphatic carbocycles. The summed E-state index contributed by atoms with van der Waals surface area (Å²) >= 11 is 0. The molecule has 0 aromatic heterocycles. The molecule has 1 nitrogen and oxygen atoms in total. The lowest BCUT2D eigenvalue weighted by atomic mass is 10.2. The second kappa shape index (κ2) is 2.92. The molecule has 0 aliphatic heterocycles. The molecule has 1 aromatic carbocycles. The van der Waals surface area contributed by atoms with Crippen molar-refractivity contribution in [3.63, 3.8) is 0 Å². The number of carbonyl (C=O) groups excluding carboxylic acids is 1. The van der Waals surface area contributed by atoms with Crippen LogP contribution in [0.2, 0.25) is 0 Å². The Morgan fingerprint density at radius 1 is 1.08 bits per heavy atom. The third-order valence-corrected chi connectivity index (χ3v) is 1.20. The van der Waals surface area contributed by atoms with Gasteiger partial charge in [0.2, 0.25) is 0 Å². The van der Waals surface area contributed by atoms with Gasteiger partial charge in [0.15, 0.2) is 0 Å². The van der Waals surface area contributed by atoms with Crippen LogP contribution in [0, 0.1) is 17.5 Å². The minimum atomic E-state index is -2.26. The van der Waals surface area contributed by atoms with Crippen LogP contribution < -0.4 is 0 Å². The van der Waals surface area contributed by atoms with Gasteiger partial charge < -0.3 is 0 Å². The third-order valence-electron chi connectivity index (χ3n) is 1.20. The zero-order valence-corrected chi connectivity index (χ0v) is 5.57. The van der Waals surface area contributed by atoms with E-state index in [1.165, 1.54) is 0 Å². The summed E-state index contributed by atoms with van der Waals surface area (Å²) in [5.41, 5.74) is -1.36. The molecule has 0 aliphatic rings. The highest BCUT2D eigenvalue weighted by molar-refractivity contribution is 5.88. The van der Waals surface area contributed by atoms with Crippen molar-refractivity contribution in [2.75, 3.05) is 0 Å². The Balaban J connectivity index is 3.38. The molecule has 1 rings (SSSR count). The molecule has 0 unspecified atom stereocenters. The summed E-state index contributed by atoms with van der Waals surface area (Å²) in [6, 6.07) is -1.80. The predicted molar refractivity (Wildman–Crippen MR) is 31.8 cm³/mol. The molecule has 12 heavy (non-hydrogen) atoms. The van der Waals surface area contributed by atoms with E-state index in [0.29, 0.717) is 0 Å². The van der Waals surface area contributed by atoms with Crippen molar-refractivity contribution >= 4 is 6.04 Å². The van der Waals surface area contributed by atoms with Gasteiger partial charge in [-0.25, -0.2) is 13.2 Å². The molecule has 0 spiro atoms. The van der Waals surface area contributed by atoms with Crippen LogP contribution in [0.5, 0.6) is 0 Å². The summed E-state index contributed by atoms with van der Waals surface area (Å²) in [5, 5.41) is 0. The highest BCUT2D eigenvalue weighted by Gasteiger charge is 2.17. The van der Waals surface area contributed by atoms with Crippen molar-refractivity contribution in [1.29, 1.82) is 0 Å². The normalized spacial score (nSPS) is 10.0. The first-order valence-corrected chi connectivity index (χ1v) is 2.86. The quantitative estimate of drug-likeness (QED) is 0.476. The van der Waals surface area contributed by atoms with Crippen molar-refractivity contribution in [3.05, 3.63) is 35.1 Å². The summed E-state index contributed by atoms with van der Waals surface area (Å²) in [6.45, 7) is 0. The van der Waals surface area contributed by atoms with Crippen LogP contribution in [-0.4, -0.2) is 6.04 Å². The molecule has 0 fully saturated rings. The smallest absolute Gasteiger partial charge is 0.255 e. The molecule has 0 saturated heterocycles. The highest BCUT2D eigenvalue weighted by Crippen LogP contribution is 2.15. The van der Waals surface area contributed by atoms with Gasteiger partial charge in [-0.1, -0.05) is 0 Å². The van der Waals surface area contributed by atoms with Crippen LogP contribution >= 0.6 is 0 Å². The fourth-order valence-corrected chi connectivity index (χ4v) is 0.730. The maximum Gasteiger partial charge on any atom is 0.338 e. The lowest BCUT2D eigenvalue weighted by Crippen LogP contribution is -2.01. The Morgan fingerprint density at radius 2 is 1.50 bits per heavy atom. The fourth-order valence-electron chi connectivity index (χ4n) is 0.730. The van der Waals surface area contributed by atoms with Gasteiger partial charge in [0, 0.05) is 12.1 Å². The van der Waals surface area contributed by atoms with Crippen molar-refractivity contribution in [2.24, 2.45) is 0 Å². The van der Waals surface area contributed by atoms with E-state index in [-0.39, 0.29) is 12.1 Å². The standard InChI is InChI=1S/C7H2F4O/c8-3-1-4(9)6(7(11)12)5(10)2-3/h1-2H. The SMILES string of the molecule is O=C(F)c1c(F)cc(F)cc1F. The number of carbonyl (C=O) groups is 1. The van der Waals surface area contributed by atoms with Gasteiger partial charge in [0.25, 0.3) is 0 Å². The Kier molecular flexibility index (Phi) is 2.12. The molecule has 0 amide bonds. The van der Waals surface area contributed by atoms with E-state index < -0.39 is 29.1 Å². The third kappa shape index (κ3) is 1.44. The molecular weight excluding hydrogens is 176 g/mol. The first kappa shape index (κ1) is 8.70. The molecule has 0 bridgehead atoms. The number of hydrogen-bond donors (Lipinski definition) is 0. The summed E-state index contributed by atoms with van der Waals surface area (Å²) in [7, 11) is 0. The maximum atomic E-state index is 12.4. The van der Waals surface area contributed by atoms with Crippen LogP contribution in [0.3, 0.4) is 0 Å². The molecule has 1 aromatic rings. The largest absolute Gasteiger partial charge is 0.338 e. The lowest BCUT2D eigenvalue weighted by molar-refractivity contribution is 0.0826. The number of halogens is 4. The minimum absolute atomic E-state index is 0.232. The monoisotopic (exact) mass is 178 g/mol. The van der Waals surface area contributed by atoms with E-state index in [4.69, 9.17) is 0 Å². The van der Waals surface area contributed by atoms with Gasteiger partial charge in [0.05, 0.1) is 0 Å². The molecule has 0 heterocycles. The Labute approximate surface area is 64.6 Å². The van der Waals surface area contributed by atoms with Crippen LogP contribution in [0.4, 0.5) is 17.6 Å². The van der Waals surface area contributed by atoms with E-state index in [0.717, 1.165) is 0 Å². The van der Waals surface area contributed by atoms with Gasteiger partial charge in [-0.05, 0) is 0 Å². The molecule has 0 saturated carbocycles. The van der Waals surface area contributed by atoms with Gasteiger partial charge in [-0.2, -0.15) is 4.39 Å². The average molecular weight is 178 g/mol. The maximum absolute atomic E-state index is 12.4. The molecular formula is C7H2F4O. The Morgan fingerprint density at radius 3 is 1.83 bits per heavy atom. The second-order valence-corrected chi connectivity index (χ2v) is 2.02. The van der Waals surface area contributed by atoms with E-state index in [9.17, 15) is 22.4 Å². The van der Waals surface area contributed by atoms with Gasteiger partial charge in [-0.3, -0.25) is 4.79 Å². The highest BCUT2D eigenvalue weighted by atomic mass is 19.2. The van der Waals surface area contributed by atoms with Crippen molar-refractivity contribution < 1.29 is 22.4 Å². The van der Waals surface area contributed by atoms with Crippen LogP contribution in [0.1, 0.15) is 10.4 Å². The minimum Gasteiger partial charge on any atom is -0.255 e. The topological polar surface area (TPSA) is 17.1 Å². The average Bonchev–Trinajstić information content (AvgIpc) is 1.82. The predicted octanol–water partition coefficient (Wildman–Crippen LogP) is 2.21. The first-order valence-electron chi connectivity index (χ1n) is 2.86. The van der Waals surface area contributed by atoms with E-state index in [1.807, 2.05) is 0 Å². The van der Waals surface area contributed by atoms with E-state index in [2.05, 4.69) is 0 Å². The molecule has 0 radical (unpaired) electrons. The number of benzene rings is 1. The van der Waals surface area contributed by atoms with Gasteiger partial charge >= 0.3 is 6.04 Å². The van der Waals surface area contributed by atoms with Crippen LogP contribution in [0.25, 0.3) is 0 Å². The Bertz CT molecular complexity index is 311. The fraction of sp³-hybridized carbons (Fsp3) is 0. The van der Waals surface area contributed by atoms with Crippen LogP contribution in [0.15, 0.2) is 12.1 Å². The van der Waals surface area contributed by atoms with E-state index >= 15 is 0 Å². The van der Waals surface area contributed by atoms with Gasteiger partial charge in [-0.15, -0.1) is 0 Å². The molecule has 0 atom stereocenters. The number of rotatable bonds is 1. The second-order valence-electron chi connectivity index (χ2n) is 2.02. The Hall–Kier alpha value is -1.39. The van der Waals surface area contributed by atoms with Gasteiger partial charge in [0.1, 0.15) is 23.0 Å². The van der Waals surface area contributed by atoms with Crippen molar-refractivity contribution in [3.8, 4) is 0 Å². The van der Waals surface area contributed by atoms with E-state index in [1.54, 1.807) is 0 Å². The zero-order valence-electron chi connectivity index (χ0n) is 5.57. The number of hydrogen-bond acceptors (Lipinski definition) is 1. The summed E-state index contributed by atoms with van der Waals surface area (Å²) in [4.78, 5) is 9.93. The summed E-state index contributed by atoms with van der Waals surface area (Å²) in [6.07, 6.45) is 0. The lowest BCUT2D eigenvalue weighted by Gasteiger charge is -1.97. The summed E-state index contributed by atoms with van der Waals surface area (Å²) in [5.74, 6) is -4.28. The van der Waals surface area contributed by atoms with Crippen LogP contribution in [-0.2, 0) is 0 Å². The van der Waals surface area contributed by atoms with Crippen molar-refractivity contribution in [2.45, 2.75) is 0 Å². The molecule has 0 N–H and O–H groups in total. The van der Waals surface area contributed by atoms with Crippen molar-refractivity contribution in [1.82, 2.24) is 0 Å². The zero-order chi connectivity index (χ0) is 9.30. The first-order chi connectivity index (χ1) is 5.52. The molecule has 64 valence electrons. The summed E-state index contributed by atoms with van der Waals surface area (Å²) < 4.78 is 48.8. The molecule has 5 heteroatoms.